The van der Waals surface area contributed by atoms with E-state index in [1.807, 2.05) is 0 Å². The summed E-state index contributed by atoms with van der Waals surface area (Å²) in [5, 5.41) is 2.34. The summed E-state index contributed by atoms with van der Waals surface area (Å²) in [6.07, 6.45) is -0.504. The smallest absolute Gasteiger partial charge is 0.407 e. The number of carbonyl (C=O) groups excluding carboxylic acids is 2. The summed E-state index contributed by atoms with van der Waals surface area (Å²) in [4.78, 5) is 20.8. The van der Waals surface area contributed by atoms with Crippen molar-refractivity contribution in [1.82, 2.24) is 5.32 Å². The second kappa shape index (κ2) is 2.05. The number of amides is 1. The number of rotatable bonds is 1. The highest BCUT2D eigenvalue weighted by atomic mass is 16.6. The van der Waals surface area contributed by atoms with Crippen molar-refractivity contribution in [2.75, 3.05) is 6.61 Å². The van der Waals surface area contributed by atoms with Crippen LogP contribution >= 0.6 is 0 Å². The summed E-state index contributed by atoms with van der Waals surface area (Å²) < 4.78 is 4.46. The van der Waals surface area contributed by atoms with Gasteiger partial charge in [-0.15, -0.1) is 0 Å². The van der Waals surface area contributed by atoms with Crippen LogP contribution in [0.15, 0.2) is 0 Å². The van der Waals surface area contributed by atoms with Crippen LogP contribution in [0.5, 0.6) is 0 Å². The molecule has 0 saturated carbocycles. The highest BCUT2D eigenvalue weighted by Crippen LogP contribution is 1.97. The van der Waals surface area contributed by atoms with Crippen molar-refractivity contribution in [3.05, 3.63) is 0 Å². The first-order chi connectivity index (χ1) is 4.20. The Kier molecular flexibility index (Phi) is 1.38. The lowest BCUT2D eigenvalue weighted by atomic mass is 10.2. The highest BCUT2D eigenvalue weighted by molar-refractivity contribution is 5.87. The van der Waals surface area contributed by atoms with Crippen molar-refractivity contribution < 1.29 is 14.3 Å². The van der Waals surface area contributed by atoms with Crippen LogP contribution in [0.4, 0.5) is 4.79 Å². The standard InChI is InChI=1S/C5H7NO3/c1-3(7)4-2-9-5(8)6-4/h4H,2H2,1H3,(H,6,8)/t4-/m1/s1. The molecule has 0 aromatic heterocycles. The number of hydrogen-bond acceptors (Lipinski definition) is 3. The normalized spacial score (nSPS) is 25.0. The Bertz CT molecular complexity index is 154. The average Bonchev–Trinajstić information content (AvgIpc) is 2.14. The molecule has 9 heavy (non-hydrogen) atoms. The molecule has 1 aliphatic rings. The molecule has 1 saturated heterocycles. The van der Waals surface area contributed by atoms with Gasteiger partial charge in [0.05, 0.1) is 0 Å². The van der Waals surface area contributed by atoms with Crippen LogP contribution < -0.4 is 5.32 Å². The molecule has 0 spiro atoms. The largest absolute Gasteiger partial charge is 0.447 e. The van der Waals surface area contributed by atoms with Gasteiger partial charge >= 0.3 is 6.09 Å². The number of cyclic esters (lactones) is 1. The van der Waals surface area contributed by atoms with E-state index in [0.717, 1.165) is 0 Å². The fourth-order valence-corrected chi connectivity index (χ4v) is 0.604. The molecule has 1 aliphatic heterocycles. The zero-order valence-electron chi connectivity index (χ0n) is 5.01. The predicted octanol–water partition coefficient (Wildman–Crippen LogP) is -0.316. The zero-order chi connectivity index (χ0) is 6.85. The molecule has 1 amide bonds. The monoisotopic (exact) mass is 129 g/mol. The Balaban J connectivity index is 2.48. The van der Waals surface area contributed by atoms with E-state index in [1.54, 1.807) is 0 Å². The fraction of sp³-hybridized carbons (Fsp3) is 0.600. The van der Waals surface area contributed by atoms with E-state index in [1.165, 1.54) is 6.92 Å². The molecule has 0 unspecified atom stereocenters. The van der Waals surface area contributed by atoms with E-state index in [4.69, 9.17) is 0 Å². The van der Waals surface area contributed by atoms with Crippen LogP contribution in [-0.4, -0.2) is 24.5 Å². The van der Waals surface area contributed by atoms with Gasteiger partial charge in [0.15, 0.2) is 5.78 Å². The van der Waals surface area contributed by atoms with E-state index in [2.05, 4.69) is 10.1 Å². The summed E-state index contributed by atoms with van der Waals surface area (Å²) in [6, 6.07) is -0.419. The molecule has 1 N–H and O–H groups in total. The Morgan fingerprint density at radius 2 is 2.56 bits per heavy atom. The summed E-state index contributed by atoms with van der Waals surface area (Å²) in [5.74, 6) is -0.0687. The minimum Gasteiger partial charge on any atom is -0.447 e. The maximum absolute atomic E-state index is 10.5. The van der Waals surface area contributed by atoms with Crippen molar-refractivity contribution in [3.63, 3.8) is 0 Å². The van der Waals surface area contributed by atoms with Crippen LogP contribution in [0.25, 0.3) is 0 Å². The number of carbonyl (C=O) groups is 2. The number of Topliss-reactive ketones (excluding diaryl/α,β-unsaturated/α-hetero) is 1. The van der Waals surface area contributed by atoms with Crippen LogP contribution in [0, 0.1) is 0 Å². The lowest BCUT2D eigenvalue weighted by Crippen LogP contribution is -2.32. The molecule has 0 radical (unpaired) electrons. The second-order valence-corrected chi connectivity index (χ2v) is 1.91. The Morgan fingerprint density at radius 3 is 2.78 bits per heavy atom. The van der Waals surface area contributed by atoms with Crippen molar-refractivity contribution in [2.24, 2.45) is 0 Å². The molecular formula is C5H7NO3. The first-order valence-electron chi connectivity index (χ1n) is 2.64. The topological polar surface area (TPSA) is 55.4 Å². The van der Waals surface area contributed by atoms with Gasteiger partial charge in [-0.1, -0.05) is 0 Å². The van der Waals surface area contributed by atoms with Gasteiger partial charge in [0.2, 0.25) is 0 Å². The maximum atomic E-state index is 10.5. The van der Waals surface area contributed by atoms with Gasteiger partial charge in [-0.3, -0.25) is 4.79 Å². The predicted molar refractivity (Wildman–Crippen MR) is 29.0 cm³/mol. The molecule has 0 aliphatic carbocycles. The van der Waals surface area contributed by atoms with Crippen LogP contribution in [0.1, 0.15) is 6.92 Å². The summed E-state index contributed by atoms with van der Waals surface area (Å²) in [6.45, 7) is 1.59. The molecule has 0 aromatic carbocycles. The van der Waals surface area contributed by atoms with E-state index in [0.29, 0.717) is 0 Å². The SMILES string of the molecule is CC(=O)[C@H]1COC(=O)N1. The number of hydrogen-bond donors (Lipinski definition) is 1. The quantitative estimate of drug-likeness (QED) is 0.528. The average molecular weight is 129 g/mol. The van der Waals surface area contributed by atoms with E-state index < -0.39 is 12.1 Å². The second-order valence-electron chi connectivity index (χ2n) is 1.91. The third kappa shape index (κ3) is 1.19. The Morgan fingerprint density at radius 1 is 1.89 bits per heavy atom. The zero-order valence-corrected chi connectivity index (χ0v) is 5.01. The molecule has 4 heteroatoms. The van der Waals surface area contributed by atoms with Crippen molar-refractivity contribution in [2.45, 2.75) is 13.0 Å². The van der Waals surface area contributed by atoms with Crippen LogP contribution in [0.3, 0.4) is 0 Å². The number of ketones is 1. The van der Waals surface area contributed by atoms with Gasteiger partial charge < -0.3 is 10.1 Å². The van der Waals surface area contributed by atoms with Gasteiger partial charge in [-0.05, 0) is 6.92 Å². The lowest BCUT2D eigenvalue weighted by Gasteiger charge is -1.97. The van der Waals surface area contributed by atoms with Crippen LogP contribution in [0.2, 0.25) is 0 Å². The third-order valence-corrected chi connectivity index (χ3v) is 1.16. The van der Waals surface area contributed by atoms with Gasteiger partial charge in [-0.2, -0.15) is 0 Å². The van der Waals surface area contributed by atoms with Crippen molar-refractivity contribution in [1.29, 1.82) is 0 Å². The molecule has 4 nitrogen and oxygen atoms in total. The van der Waals surface area contributed by atoms with Gasteiger partial charge in [0, 0.05) is 0 Å². The van der Waals surface area contributed by atoms with Crippen molar-refractivity contribution in [3.8, 4) is 0 Å². The molecule has 0 bridgehead atoms. The molecule has 50 valence electrons. The first-order valence-corrected chi connectivity index (χ1v) is 2.64. The highest BCUT2D eigenvalue weighted by Gasteiger charge is 2.25. The summed E-state index contributed by atoms with van der Waals surface area (Å²) >= 11 is 0. The fourth-order valence-electron chi connectivity index (χ4n) is 0.604. The molecular weight excluding hydrogens is 122 g/mol. The van der Waals surface area contributed by atoms with E-state index >= 15 is 0 Å². The minimum absolute atomic E-state index is 0.0687. The van der Waals surface area contributed by atoms with E-state index in [9.17, 15) is 9.59 Å². The first kappa shape index (κ1) is 6.07. The Labute approximate surface area is 52.2 Å². The Hall–Kier alpha value is -1.06. The third-order valence-electron chi connectivity index (χ3n) is 1.16. The minimum atomic E-state index is -0.504. The summed E-state index contributed by atoms with van der Waals surface area (Å²) in [7, 11) is 0. The molecule has 1 rings (SSSR count). The summed E-state index contributed by atoms with van der Waals surface area (Å²) in [5.41, 5.74) is 0. The van der Waals surface area contributed by atoms with E-state index in [-0.39, 0.29) is 12.4 Å². The van der Waals surface area contributed by atoms with Gasteiger partial charge in [-0.25, -0.2) is 4.79 Å². The molecule has 1 heterocycles. The van der Waals surface area contributed by atoms with Gasteiger partial charge in [0.25, 0.3) is 0 Å². The molecule has 1 atom stereocenters. The molecule has 1 fully saturated rings. The number of nitrogens with one attached hydrogen (secondary N) is 1. The lowest BCUT2D eigenvalue weighted by molar-refractivity contribution is -0.118. The van der Waals surface area contributed by atoms with Crippen LogP contribution in [-0.2, 0) is 9.53 Å². The van der Waals surface area contributed by atoms with Gasteiger partial charge in [0.1, 0.15) is 12.6 Å². The number of ether oxygens (including phenoxy) is 1. The van der Waals surface area contributed by atoms with Crippen molar-refractivity contribution >= 4 is 11.9 Å². The molecule has 0 aromatic rings. The maximum Gasteiger partial charge on any atom is 0.407 e. The number of alkyl carbamates (subject to hydrolysis) is 1.